The third-order valence-corrected chi connectivity index (χ3v) is 8.57. The van der Waals surface area contributed by atoms with Crippen LogP contribution in [-0.2, 0) is 22.9 Å². The Labute approximate surface area is 221 Å². The van der Waals surface area contributed by atoms with Gasteiger partial charge in [0.05, 0.1) is 18.8 Å². The number of carbonyl (C=O) groups is 1. The molecular formula is C25H30BN5O6S. The van der Waals surface area contributed by atoms with E-state index in [-0.39, 0.29) is 16.9 Å². The van der Waals surface area contributed by atoms with Crippen LogP contribution in [-0.4, -0.2) is 53.5 Å². The van der Waals surface area contributed by atoms with Crippen LogP contribution in [0, 0.1) is 0 Å². The Morgan fingerprint density at radius 3 is 2.79 bits per heavy atom. The zero-order valence-corrected chi connectivity index (χ0v) is 21.8. The van der Waals surface area contributed by atoms with Gasteiger partial charge in [0.15, 0.2) is 5.03 Å². The molecule has 2 atom stereocenters. The molecule has 0 spiro atoms. The van der Waals surface area contributed by atoms with E-state index in [0.29, 0.717) is 24.4 Å². The van der Waals surface area contributed by atoms with E-state index in [1.165, 1.54) is 17.9 Å². The van der Waals surface area contributed by atoms with Crippen LogP contribution in [0.1, 0.15) is 49.3 Å². The van der Waals surface area contributed by atoms with E-state index in [4.69, 9.17) is 4.74 Å². The lowest BCUT2D eigenvalue weighted by atomic mass is 9.64. The third-order valence-electron chi connectivity index (χ3n) is 7.35. The summed E-state index contributed by atoms with van der Waals surface area (Å²) in [6.45, 7) is 0. The number of sulfonamides is 1. The van der Waals surface area contributed by atoms with Crippen molar-refractivity contribution in [1.82, 2.24) is 19.5 Å². The highest BCUT2D eigenvalue weighted by Crippen LogP contribution is 2.39. The van der Waals surface area contributed by atoms with Gasteiger partial charge in [0.2, 0.25) is 5.88 Å². The fourth-order valence-corrected chi connectivity index (χ4v) is 6.27. The van der Waals surface area contributed by atoms with Gasteiger partial charge in [0.25, 0.3) is 10.0 Å². The maximum absolute atomic E-state index is 13.0. The molecule has 0 saturated heterocycles. The van der Waals surface area contributed by atoms with Crippen molar-refractivity contribution in [1.29, 1.82) is 0 Å². The van der Waals surface area contributed by atoms with Crippen molar-refractivity contribution in [3.05, 3.63) is 53.9 Å². The molecule has 13 heteroatoms. The minimum atomic E-state index is -4.25. The maximum Gasteiger partial charge on any atom is 0.454 e. The molecule has 2 aliphatic carbocycles. The van der Waals surface area contributed by atoms with E-state index in [9.17, 15) is 23.3 Å². The van der Waals surface area contributed by atoms with Gasteiger partial charge in [-0.05, 0) is 66.7 Å². The Morgan fingerprint density at radius 1 is 1.16 bits per heavy atom. The summed E-state index contributed by atoms with van der Waals surface area (Å²) in [5.41, 5.74) is 4.17. The molecule has 2 aromatic heterocycles. The lowest BCUT2D eigenvalue weighted by molar-refractivity contribution is 0.256. The van der Waals surface area contributed by atoms with E-state index in [1.807, 2.05) is 12.1 Å². The highest BCUT2D eigenvalue weighted by molar-refractivity contribution is 7.90. The van der Waals surface area contributed by atoms with Gasteiger partial charge in [0, 0.05) is 24.0 Å². The predicted molar refractivity (Wildman–Crippen MR) is 141 cm³/mol. The molecule has 0 unspecified atom stereocenters. The quantitative estimate of drug-likeness (QED) is 0.334. The van der Waals surface area contributed by atoms with E-state index in [1.54, 1.807) is 24.5 Å². The molecular weight excluding hydrogens is 509 g/mol. The number of hydrogen-bond donors (Lipinski definition) is 4. The molecule has 4 N–H and O–H groups in total. The number of methoxy groups -OCH3 is 1. The first-order chi connectivity index (χ1) is 18.2. The first-order valence-corrected chi connectivity index (χ1v) is 14.1. The summed E-state index contributed by atoms with van der Waals surface area (Å²) in [7, 11) is -4.15. The zero-order valence-electron chi connectivity index (χ0n) is 21.0. The fourth-order valence-electron chi connectivity index (χ4n) is 5.43. The van der Waals surface area contributed by atoms with Crippen molar-refractivity contribution >= 4 is 28.9 Å². The monoisotopic (exact) mass is 539 g/mol. The molecule has 200 valence electrons. The second-order valence-corrected chi connectivity index (χ2v) is 11.4. The Hall–Kier alpha value is -3.42. The second-order valence-electron chi connectivity index (χ2n) is 9.75. The van der Waals surface area contributed by atoms with Gasteiger partial charge >= 0.3 is 13.1 Å². The number of carbonyl (C=O) groups excluding carboxylic acids is 1. The van der Waals surface area contributed by atoms with E-state index >= 15 is 0 Å². The van der Waals surface area contributed by atoms with Crippen molar-refractivity contribution in [3.8, 4) is 17.0 Å². The average Bonchev–Trinajstić information content (AvgIpc) is 3.59. The Balaban J connectivity index is 1.36. The van der Waals surface area contributed by atoms with Crippen LogP contribution in [0.15, 0.2) is 47.8 Å². The molecule has 1 aromatic carbocycles. The van der Waals surface area contributed by atoms with Gasteiger partial charge in [0.1, 0.15) is 0 Å². The van der Waals surface area contributed by atoms with Crippen LogP contribution < -0.4 is 14.8 Å². The number of fused-ring (bicyclic) bond motifs is 1. The minimum absolute atomic E-state index is 0.153. The number of nitrogens with zero attached hydrogens (tertiary/aromatic N) is 3. The molecule has 38 heavy (non-hydrogen) atoms. The summed E-state index contributed by atoms with van der Waals surface area (Å²) < 4.78 is 34.9. The van der Waals surface area contributed by atoms with Crippen LogP contribution in [0.5, 0.6) is 5.88 Å². The first-order valence-electron chi connectivity index (χ1n) is 12.7. The summed E-state index contributed by atoms with van der Waals surface area (Å²) in [4.78, 5) is 17.1. The summed E-state index contributed by atoms with van der Waals surface area (Å²) in [6.07, 6.45) is 8.46. The molecule has 5 rings (SSSR count). The third kappa shape index (κ3) is 5.40. The molecule has 1 saturated carbocycles. The number of rotatable bonds is 7. The van der Waals surface area contributed by atoms with Crippen molar-refractivity contribution in [2.24, 2.45) is 0 Å². The Morgan fingerprint density at radius 2 is 2.00 bits per heavy atom. The number of urea groups is 1. The highest BCUT2D eigenvalue weighted by atomic mass is 32.2. The van der Waals surface area contributed by atoms with E-state index in [0.717, 1.165) is 54.4 Å². The van der Waals surface area contributed by atoms with Gasteiger partial charge in [-0.25, -0.2) is 14.5 Å². The van der Waals surface area contributed by atoms with E-state index in [2.05, 4.69) is 20.1 Å². The summed E-state index contributed by atoms with van der Waals surface area (Å²) >= 11 is 0. The van der Waals surface area contributed by atoms with Crippen molar-refractivity contribution < 1.29 is 28.0 Å². The van der Waals surface area contributed by atoms with Gasteiger partial charge in [-0.1, -0.05) is 25.0 Å². The molecule has 2 aliphatic rings. The zero-order chi connectivity index (χ0) is 26.9. The lowest BCUT2D eigenvalue weighted by Crippen LogP contribution is -2.35. The minimum Gasteiger partial charge on any atom is -0.481 e. The van der Waals surface area contributed by atoms with Crippen LogP contribution in [0.2, 0.25) is 5.82 Å². The number of aryl methyl sites for hydroxylation is 1. The first kappa shape index (κ1) is 26.2. The van der Waals surface area contributed by atoms with Gasteiger partial charge < -0.3 is 20.1 Å². The van der Waals surface area contributed by atoms with Crippen LogP contribution >= 0.6 is 0 Å². The number of hydrogen-bond acceptors (Lipinski definition) is 8. The van der Waals surface area contributed by atoms with Crippen LogP contribution in [0.4, 0.5) is 10.5 Å². The van der Waals surface area contributed by atoms with Gasteiger partial charge in [-0.3, -0.25) is 4.68 Å². The number of amides is 2. The van der Waals surface area contributed by atoms with Crippen LogP contribution in [0.3, 0.4) is 0 Å². The molecule has 3 aromatic rings. The Bertz CT molecular complexity index is 1440. The smallest absolute Gasteiger partial charge is 0.454 e. The topological polar surface area (TPSA) is 156 Å². The highest BCUT2D eigenvalue weighted by Gasteiger charge is 2.32. The predicted octanol–water partition coefficient (Wildman–Crippen LogP) is 2.91. The van der Waals surface area contributed by atoms with Crippen molar-refractivity contribution in [2.75, 3.05) is 12.4 Å². The summed E-state index contributed by atoms with van der Waals surface area (Å²) in [5, 5.41) is 25.8. The summed E-state index contributed by atoms with van der Waals surface area (Å²) in [6, 6.07) is 7.80. The molecule has 0 bridgehead atoms. The van der Waals surface area contributed by atoms with Gasteiger partial charge in [-0.2, -0.15) is 13.5 Å². The van der Waals surface area contributed by atoms with E-state index < -0.39 is 23.2 Å². The van der Waals surface area contributed by atoms with Crippen molar-refractivity contribution in [3.63, 3.8) is 0 Å². The fraction of sp³-hybridized carbons (Fsp3) is 0.400. The molecule has 2 amide bonds. The number of benzene rings is 1. The second kappa shape index (κ2) is 10.8. The Kier molecular flexibility index (Phi) is 7.42. The molecule has 2 heterocycles. The molecule has 1 fully saturated rings. The SMILES string of the molecule is COc1cc(-c2ccc3c(c2NC(=O)NS(=O)(=O)c2ccn([C@H]4CCC[C@@H](B(O)O)C4)n2)CCC3)ccn1. The number of aromatic nitrogens is 3. The van der Waals surface area contributed by atoms with Crippen molar-refractivity contribution in [2.45, 2.75) is 61.8 Å². The lowest BCUT2D eigenvalue weighted by Gasteiger charge is -2.28. The van der Waals surface area contributed by atoms with Crippen LogP contribution in [0.25, 0.3) is 11.1 Å². The number of nitrogens with one attached hydrogen (secondary N) is 2. The maximum atomic E-state index is 13.0. The number of anilines is 1. The molecule has 0 aliphatic heterocycles. The largest absolute Gasteiger partial charge is 0.481 e. The van der Waals surface area contributed by atoms with Gasteiger partial charge in [-0.15, -0.1) is 0 Å². The number of ether oxygens (including phenoxy) is 1. The average molecular weight is 539 g/mol. The standard InChI is InChI=1S/C25H30BN5O6S/c1-37-22-14-17(10-12-27-22)21-9-8-16-4-2-7-20(16)24(21)28-25(32)30-38(35,36)23-11-13-31(29-23)19-6-3-5-18(15-19)26(33)34/h8-14,18-19,33-34H,2-7,15H2,1H3,(H2,28,30,32)/t18-,19+/m1/s1. The molecule has 11 nitrogen and oxygen atoms in total. The number of pyridine rings is 1. The normalized spacial score (nSPS) is 19.0. The molecule has 0 radical (unpaired) electrons. The summed E-state index contributed by atoms with van der Waals surface area (Å²) in [5.74, 6) is 0.137.